The van der Waals surface area contributed by atoms with E-state index < -0.39 is 34.0 Å². The number of hydrogen-bond acceptors (Lipinski definition) is 3. The lowest BCUT2D eigenvalue weighted by Crippen LogP contribution is -2.36. The van der Waals surface area contributed by atoms with Gasteiger partial charge in [0.05, 0.1) is 7.11 Å². The summed E-state index contributed by atoms with van der Waals surface area (Å²) in [4.78, 5) is 0. The molecule has 23 heavy (non-hydrogen) atoms. The number of halogens is 2. The van der Waals surface area contributed by atoms with Crippen LogP contribution in [0.25, 0.3) is 0 Å². The first-order chi connectivity index (χ1) is 10.9. The lowest BCUT2D eigenvalue weighted by atomic mass is 10.2. The Hall–Kier alpha value is -2.03. The van der Waals surface area contributed by atoms with Crippen molar-refractivity contribution in [2.75, 3.05) is 7.11 Å². The van der Waals surface area contributed by atoms with E-state index in [-0.39, 0.29) is 12.3 Å². The summed E-state index contributed by atoms with van der Waals surface area (Å²) in [5.41, 5.74) is 0.353. The van der Waals surface area contributed by atoms with Crippen molar-refractivity contribution in [1.29, 1.82) is 0 Å². The maximum atomic E-state index is 13.9. The summed E-state index contributed by atoms with van der Waals surface area (Å²) in [6, 6.07) is 11.0. The van der Waals surface area contributed by atoms with Gasteiger partial charge in [-0.05, 0) is 17.7 Å². The Morgan fingerprint density at radius 2 is 1.65 bits per heavy atom. The number of methoxy groups -OCH3 is 1. The van der Waals surface area contributed by atoms with Crippen molar-refractivity contribution in [2.45, 2.75) is 13.1 Å². The molecule has 5 nitrogen and oxygen atoms in total. The Morgan fingerprint density at radius 3 is 2.30 bits per heavy atom. The minimum absolute atomic E-state index is 0.0687. The molecule has 0 saturated carbocycles. The van der Waals surface area contributed by atoms with Gasteiger partial charge in [-0.3, -0.25) is 0 Å². The van der Waals surface area contributed by atoms with Crippen molar-refractivity contribution in [3.05, 3.63) is 65.2 Å². The normalized spacial score (nSPS) is 11.4. The largest absolute Gasteiger partial charge is 0.494 e. The Kier molecular flexibility index (Phi) is 5.64. The van der Waals surface area contributed by atoms with E-state index in [1.807, 2.05) is 6.07 Å². The molecule has 8 heteroatoms. The van der Waals surface area contributed by atoms with Gasteiger partial charge in [0.1, 0.15) is 5.82 Å². The molecule has 0 amide bonds. The summed E-state index contributed by atoms with van der Waals surface area (Å²) in [5.74, 6) is -1.94. The molecule has 0 unspecified atom stereocenters. The molecule has 2 aromatic carbocycles. The first-order valence-corrected chi connectivity index (χ1v) is 8.20. The van der Waals surface area contributed by atoms with Crippen molar-refractivity contribution < 1.29 is 21.9 Å². The third-order valence-electron chi connectivity index (χ3n) is 3.12. The van der Waals surface area contributed by atoms with Gasteiger partial charge in [0.25, 0.3) is 10.2 Å². The van der Waals surface area contributed by atoms with Crippen molar-refractivity contribution >= 4 is 10.2 Å². The summed E-state index contributed by atoms with van der Waals surface area (Å²) in [6.07, 6.45) is 0. The predicted octanol–water partition coefficient (Wildman–Crippen LogP) is 2.10. The number of benzene rings is 2. The second-order valence-electron chi connectivity index (χ2n) is 4.67. The van der Waals surface area contributed by atoms with Gasteiger partial charge < -0.3 is 4.74 Å². The third-order valence-corrected chi connectivity index (χ3v) is 4.17. The second kappa shape index (κ2) is 7.49. The molecule has 0 aliphatic carbocycles. The lowest BCUT2D eigenvalue weighted by molar-refractivity contribution is 0.380. The minimum Gasteiger partial charge on any atom is -0.494 e. The molecule has 2 aromatic rings. The molecular weight excluding hydrogens is 326 g/mol. The molecule has 0 aromatic heterocycles. The molecule has 2 rings (SSSR count). The molecule has 0 spiro atoms. The van der Waals surface area contributed by atoms with E-state index in [0.717, 1.165) is 17.7 Å². The maximum Gasteiger partial charge on any atom is 0.277 e. The number of rotatable bonds is 7. The van der Waals surface area contributed by atoms with E-state index in [9.17, 15) is 17.2 Å². The van der Waals surface area contributed by atoms with Gasteiger partial charge in [-0.15, -0.1) is 0 Å². The average Bonchev–Trinajstić information content (AvgIpc) is 2.54. The monoisotopic (exact) mass is 342 g/mol. The van der Waals surface area contributed by atoms with E-state index in [0.29, 0.717) is 0 Å². The fourth-order valence-electron chi connectivity index (χ4n) is 1.89. The van der Waals surface area contributed by atoms with Crippen molar-refractivity contribution in [3.63, 3.8) is 0 Å². The Morgan fingerprint density at radius 1 is 1.00 bits per heavy atom. The molecule has 0 aliphatic rings. The van der Waals surface area contributed by atoms with Gasteiger partial charge in [0.15, 0.2) is 11.6 Å². The van der Waals surface area contributed by atoms with Gasteiger partial charge in [-0.25, -0.2) is 8.78 Å². The Labute approximate surface area is 133 Å². The van der Waals surface area contributed by atoms with E-state index in [1.165, 1.54) is 7.11 Å². The molecule has 2 N–H and O–H groups in total. The SMILES string of the molecule is COc1ccc(F)c(CNS(=O)(=O)NCc2ccccc2)c1F. The molecule has 0 heterocycles. The van der Waals surface area contributed by atoms with Crippen LogP contribution in [0.5, 0.6) is 5.75 Å². The van der Waals surface area contributed by atoms with Gasteiger partial charge in [-0.2, -0.15) is 17.9 Å². The summed E-state index contributed by atoms with van der Waals surface area (Å²) in [7, 11) is -2.66. The third kappa shape index (κ3) is 4.72. The molecule has 0 bridgehead atoms. The highest BCUT2D eigenvalue weighted by atomic mass is 32.2. The standard InChI is InChI=1S/C15H16F2N2O3S/c1-22-14-8-7-13(16)12(15(14)17)10-19-23(20,21)18-9-11-5-3-2-4-6-11/h2-8,18-19H,9-10H2,1H3. The summed E-state index contributed by atoms with van der Waals surface area (Å²) in [5, 5.41) is 0. The van der Waals surface area contributed by atoms with Crippen LogP contribution < -0.4 is 14.2 Å². The average molecular weight is 342 g/mol. The van der Waals surface area contributed by atoms with E-state index in [2.05, 4.69) is 9.44 Å². The molecule has 124 valence electrons. The van der Waals surface area contributed by atoms with Crippen LogP contribution >= 0.6 is 0 Å². The molecule has 0 radical (unpaired) electrons. The van der Waals surface area contributed by atoms with Crippen LogP contribution in [0.4, 0.5) is 8.78 Å². The molecular formula is C15H16F2N2O3S. The van der Waals surface area contributed by atoms with Gasteiger partial charge >= 0.3 is 0 Å². The fourth-order valence-corrected chi connectivity index (χ4v) is 2.68. The van der Waals surface area contributed by atoms with Crippen LogP contribution in [-0.4, -0.2) is 15.5 Å². The predicted molar refractivity (Wildman–Crippen MR) is 82.0 cm³/mol. The highest BCUT2D eigenvalue weighted by Gasteiger charge is 2.17. The van der Waals surface area contributed by atoms with E-state index >= 15 is 0 Å². The van der Waals surface area contributed by atoms with E-state index in [1.54, 1.807) is 24.3 Å². The first kappa shape index (κ1) is 17.3. The van der Waals surface area contributed by atoms with Gasteiger partial charge in [0, 0.05) is 18.7 Å². The molecule has 0 fully saturated rings. The summed E-state index contributed by atoms with van der Waals surface area (Å²) < 4.78 is 60.4. The van der Waals surface area contributed by atoms with Crippen LogP contribution in [0, 0.1) is 11.6 Å². The number of ether oxygens (including phenoxy) is 1. The first-order valence-electron chi connectivity index (χ1n) is 6.72. The smallest absolute Gasteiger partial charge is 0.277 e. The summed E-state index contributed by atoms with van der Waals surface area (Å²) >= 11 is 0. The molecule has 0 saturated heterocycles. The zero-order valence-corrected chi connectivity index (χ0v) is 13.2. The maximum absolute atomic E-state index is 13.9. The summed E-state index contributed by atoms with van der Waals surface area (Å²) in [6.45, 7) is -0.460. The van der Waals surface area contributed by atoms with Crippen molar-refractivity contribution in [2.24, 2.45) is 0 Å². The zero-order valence-electron chi connectivity index (χ0n) is 12.3. The van der Waals surface area contributed by atoms with Crippen molar-refractivity contribution in [3.8, 4) is 5.75 Å². The number of hydrogen-bond donors (Lipinski definition) is 2. The van der Waals surface area contributed by atoms with Crippen molar-refractivity contribution in [1.82, 2.24) is 9.44 Å². The van der Waals surface area contributed by atoms with Gasteiger partial charge in [-0.1, -0.05) is 30.3 Å². The highest BCUT2D eigenvalue weighted by molar-refractivity contribution is 7.87. The van der Waals surface area contributed by atoms with E-state index in [4.69, 9.17) is 4.74 Å². The molecule has 0 atom stereocenters. The topological polar surface area (TPSA) is 67.4 Å². The van der Waals surface area contributed by atoms with Crippen LogP contribution in [-0.2, 0) is 23.3 Å². The van der Waals surface area contributed by atoms with Gasteiger partial charge in [0.2, 0.25) is 0 Å². The fraction of sp³-hybridized carbons (Fsp3) is 0.200. The molecule has 0 aliphatic heterocycles. The minimum atomic E-state index is -3.91. The zero-order chi connectivity index (χ0) is 16.9. The van der Waals surface area contributed by atoms with Crippen LogP contribution in [0.3, 0.4) is 0 Å². The number of nitrogens with one attached hydrogen (secondary N) is 2. The van der Waals surface area contributed by atoms with Crippen LogP contribution in [0.2, 0.25) is 0 Å². The van der Waals surface area contributed by atoms with Crippen LogP contribution in [0.15, 0.2) is 42.5 Å². The highest BCUT2D eigenvalue weighted by Crippen LogP contribution is 2.22. The lowest BCUT2D eigenvalue weighted by Gasteiger charge is -2.11. The Balaban J connectivity index is 2.02. The Bertz CT molecular complexity index is 768. The quantitative estimate of drug-likeness (QED) is 0.810. The second-order valence-corrected chi connectivity index (χ2v) is 6.26. The van der Waals surface area contributed by atoms with Crippen LogP contribution in [0.1, 0.15) is 11.1 Å².